The first-order valence-corrected chi connectivity index (χ1v) is 6.24. The Balaban J connectivity index is 2.56. The molecule has 0 N–H and O–H groups in total. The summed E-state index contributed by atoms with van der Waals surface area (Å²) in [5, 5.41) is 0. The molecule has 2 heteroatoms. The van der Waals surface area contributed by atoms with Crippen molar-refractivity contribution < 1.29 is 9.78 Å². The molecule has 2 nitrogen and oxygen atoms in total. The highest BCUT2D eigenvalue weighted by Crippen LogP contribution is 2.34. The lowest BCUT2D eigenvalue weighted by atomic mass is 9.80. The molecule has 0 aliphatic heterocycles. The zero-order valence-electron chi connectivity index (χ0n) is 11.6. The number of rotatable bonds is 2. The van der Waals surface area contributed by atoms with Gasteiger partial charge in [-0.05, 0) is 45.4 Å². The summed E-state index contributed by atoms with van der Waals surface area (Å²) in [6, 6.07) is 0. The van der Waals surface area contributed by atoms with Crippen molar-refractivity contribution in [2.45, 2.75) is 72.5 Å². The van der Waals surface area contributed by atoms with Crippen LogP contribution in [0.15, 0.2) is 11.6 Å². The second kappa shape index (κ2) is 4.89. The molecule has 0 fully saturated rings. The maximum absolute atomic E-state index is 5.50. The van der Waals surface area contributed by atoms with Crippen molar-refractivity contribution in [2.75, 3.05) is 0 Å². The smallest absolute Gasteiger partial charge is 0.111 e. The SMILES string of the molecule is CC(C)(C)OOC1C=C(C(C)(C)C)CCC1. The van der Waals surface area contributed by atoms with Gasteiger partial charge in [-0.25, -0.2) is 9.78 Å². The molecule has 1 unspecified atom stereocenters. The van der Waals surface area contributed by atoms with E-state index in [0.29, 0.717) is 0 Å². The van der Waals surface area contributed by atoms with E-state index in [2.05, 4.69) is 26.8 Å². The lowest BCUT2D eigenvalue weighted by Gasteiger charge is -2.30. The molecule has 1 atom stereocenters. The van der Waals surface area contributed by atoms with Crippen LogP contribution in [-0.2, 0) is 9.78 Å². The van der Waals surface area contributed by atoms with Crippen molar-refractivity contribution in [2.24, 2.45) is 5.41 Å². The van der Waals surface area contributed by atoms with Gasteiger partial charge in [0.15, 0.2) is 0 Å². The maximum atomic E-state index is 5.50. The number of hydrogen-bond donors (Lipinski definition) is 0. The Bertz CT molecular complexity index is 253. The van der Waals surface area contributed by atoms with Gasteiger partial charge < -0.3 is 0 Å². The molecule has 0 aromatic rings. The second-order valence-corrected chi connectivity index (χ2v) is 6.66. The minimum Gasteiger partial charge on any atom is -0.230 e. The van der Waals surface area contributed by atoms with E-state index in [9.17, 15) is 0 Å². The van der Waals surface area contributed by atoms with Gasteiger partial charge >= 0.3 is 0 Å². The van der Waals surface area contributed by atoms with Gasteiger partial charge in [0.05, 0.1) is 5.60 Å². The van der Waals surface area contributed by atoms with E-state index in [1.807, 2.05) is 20.8 Å². The standard InChI is InChI=1S/C14H26O2/c1-13(2,3)11-8-7-9-12(10-11)15-16-14(4,5)6/h10,12H,7-9H2,1-6H3. The summed E-state index contributed by atoms with van der Waals surface area (Å²) in [4.78, 5) is 10.9. The molecule has 1 aliphatic rings. The molecular weight excluding hydrogens is 200 g/mol. The van der Waals surface area contributed by atoms with Gasteiger partial charge in [0, 0.05) is 0 Å². The molecule has 1 aliphatic carbocycles. The Kier molecular flexibility index (Phi) is 4.19. The van der Waals surface area contributed by atoms with Crippen molar-refractivity contribution in [3.63, 3.8) is 0 Å². The third kappa shape index (κ3) is 4.67. The molecule has 0 aromatic heterocycles. The summed E-state index contributed by atoms with van der Waals surface area (Å²) in [5.41, 5.74) is 1.51. The van der Waals surface area contributed by atoms with Crippen LogP contribution in [-0.4, -0.2) is 11.7 Å². The lowest BCUT2D eigenvalue weighted by molar-refractivity contribution is -0.366. The number of allylic oxidation sites excluding steroid dienone is 1. The summed E-state index contributed by atoms with van der Waals surface area (Å²) in [5.74, 6) is 0. The minimum absolute atomic E-state index is 0.127. The Morgan fingerprint density at radius 2 is 1.75 bits per heavy atom. The highest BCUT2D eigenvalue weighted by atomic mass is 17.2. The van der Waals surface area contributed by atoms with Crippen LogP contribution in [0.2, 0.25) is 0 Å². The monoisotopic (exact) mass is 226 g/mol. The predicted octanol–water partition coefficient (Wildman–Crippen LogP) is 4.26. The average Bonchev–Trinajstić information content (AvgIpc) is 2.13. The molecule has 0 heterocycles. The molecule has 0 saturated carbocycles. The zero-order valence-corrected chi connectivity index (χ0v) is 11.6. The molecule has 0 amide bonds. The van der Waals surface area contributed by atoms with Gasteiger partial charge in [-0.3, -0.25) is 0 Å². The van der Waals surface area contributed by atoms with Crippen LogP contribution in [0.4, 0.5) is 0 Å². The third-order valence-corrected chi connectivity index (χ3v) is 2.71. The summed E-state index contributed by atoms with van der Waals surface area (Å²) in [6.45, 7) is 12.8. The van der Waals surface area contributed by atoms with Gasteiger partial charge in [-0.2, -0.15) is 0 Å². The van der Waals surface area contributed by atoms with E-state index in [4.69, 9.17) is 9.78 Å². The normalized spacial score (nSPS) is 23.1. The van der Waals surface area contributed by atoms with Gasteiger partial charge in [0.2, 0.25) is 0 Å². The van der Waals surface area contributed by atoms with Crippen LogP contribution in [0.25, 0.3) is 0 Å². The molecular formula is C14H26O2. The van der Waals surface area contributed by atoms with Crippen molar-refractivity contribution in [3.05, 3.63) is 11.6 Å². The second-order valence-electron chi connectivity index (χ2n) is 6.66. The quantitative estimate of drug-likeness (QED) is 0.398. The van der Waals surface area contributed by atoms with E-state index < -0.39 is 0 Å². The van der Waals surface area contributed by atoms with Crippen LogP contribution in [0.1, 0.15) is 60.8 Å². The highest BCUT2D eigenvalue weighted by molar-refractivity contribution is 5.15. The van der Waals surface area contributed by atoms with Gasteiger partial charge in [-0.1, -0.05) is 32.4 Å². The van der Waals surface area contributed by atoms with E-state index >= 15 is 0 Å². The summed E-state index contributed by atoms with van der Waals surface area (Å²) in [6.07, 6.45) is 5.83. The van der Waals surface area contributed by atoms with Gasteiger partial charge in [-0.15, -0.1) is 0 Å². The molecule has 1 rings (SSSR count). The Morgan fingerprint density at radius 1 is 1.12 bits per heavy atom. The fraction of sp³-hybridized carbons (Fsp3) is 0.857. The minimum atomic E-state index is -0.229. The van der Waals surface area contributed by atoms with E-state index in [0.717, 1.165) is 6.42 Å². The largest absolute Gasteiger partial charge is 0.230 e. The highest BCUT2D eigenvalue weighted by Gasteiger charge is 2.24. The van der Waals surface area contributed by atoms with Gasteiger partial charge in [0.25, 0.3) is 0 Å². The molecule has 0 aromatic carbocycles. The Morgan fingerprint density at radius 3 is 2.25 bits per heavy atom. The van der Waals surface area contributed by atoms with Crippen LogP contribution in [0.5, 0.6) is 0 Å². The third-order valence-electron chi connectivity index (χ3n) is 2.71. The van der Waals surface area contributed by atoms with Crippen molar-refractivity contribution in [1.82, 2.24) is 0 Å². The van der Waals surface area contributed by atoms with Crippen LogP contribution >= 0.6 is 0 Å². The van der Waals surface area contributed by atoms with Gasteiger partial charge in [0.1, 0.15) is 6.10 Å². The summed E-state index contributed by atoms with van der Waals surface area (Å²) in [7, 11) is 0. The fourth-order valence-electron chi connectivity index (χ4n) is 1.79. The predicted molar refractivity (Wildman–Crippen MR) is 67.1 cm³/mol. The molecule has 0 bridgehead atoms. The van der Waals surface area contributed by atoms with E-state index in [-0.39, 0.29) is 17.1 Å². The molecule has 16 heavy (non-hydrogen) atoms. The molecule has 0 radical (unpaired) electrons. The van der Waals surface area contributed by atoms with Crippen molar-refractivity contribution in [3.8, 4) is 0 Å². The summed E-state index contributed by atoms with van der Waals surface area (Å²) < 4.78 is 0. The first kappa shape index (κ1) is 13.7. The summed E-state index contributed by atoms with van der Waals surface area (Å²) >= 11 is 0. The molecule has 0 saturated heterocycles. The van der Waals surface area contributed by atoms with E-state index in [1.165, 1.54) is 18.4 Å². The van der Waals surface area contributed by atoms with Crippen LogP contribution < -0.4 is 0 Å². The first-order valence-electron chi connectivity index (χ1n) is 6.24. The Labute approximate surface area is 99.9 Å². The van der Waals surface area contributed by atoms with E-state index in [1.54, 1.807) is 0 Å². The zero-order chi connectivity index (χ0) is 12.4. The number of hydrogen-bond acceptors (Lipinski definition) is 2. The first-order chi connectivity index (χ1) is 7.18. The Hall–Kier alpha value is -0.340. The fourth-order valence-corrected chi connectivity index (χ4v) is 1.79. The van der Waals surface area contributed by atoms with Crippen molar-refractivity contribution in [1.29, 1.82) is 0 Å². The lowest BCUT2D eigenvalue weighted by Crippen LogP contribution is -2.26. The maximum Gasteiger partial charge on any atom is 0.111 e. The van der Waals surface area contributed by atoms with Crippen LogP contribution in [0.3, 0.4) is 0 Å². The van der Waals surface area contributed by atoms with Crippen LogP contribution in [0, 0.1) is 5.41 Å². The molecule has 0 spiro atoms. The molecule has 94 valence electrons. The average molecular weight is 226 g/mol. The van der Waals surface area contributed by atoms with Crippen molar-refractivity contribution >= 4 is 0 Å². The topological polar surface area (TPSA) is 18.5 Å².